The van der Waals surface area contributed by atoms with Gasteiger partial charge in [0, 0.05) is 29.5 Å². The van der Waals surface area contributed by atoms with Crippen molar-refractivity contribution in [2.75, 3.05) is 6.54 Å². The lowest BCUT2D eigenvalue weighted by Gasteiger charge is -2.13. The van der Waals surface area contributed by atoms with Crippen LogP contribution in [0.15, 0.2) is 17.2 Å². The molecule has 120 valence electrons. The Hall–Kier alpha value is -1.01. The maximum atomic E-state index is 12.2. The number of hydrogen-bond donors (Lipinski definition) is 1. The van der Waals surface area contributed by atoms with Crippen molar-refractivity contribution in [2.45, 2.75) is 51.5 Å². The van der Waals surface area contributed by atoms with Gasteiger partial charge in [-0.3, -0.25) is 4.79 Å². The van der Waals surface area contributed by atoms with Crippen LogP contribution in [0.5, 0.6) is 0 Å². The minimum absolute atomic E-state index is 0.0337. The third-order valence-electron chi connectivity index (χ3n) is 3.14. The number of carbonyl (C=O) groups excluding carboxylic acids is 1. The second kappa shape index (κ2) is 7.31. The molecule has 0 radical (unpaired) electrons. The Bertz CT molecular complexity index is 591. The quantitative estimate of drug-likeness (QED) is 0.615. The number of rotatable bonds is 7. The van der Waals surface area contributed by atoms with Crippen molar-refractivity contribution in [3.8, 4) is 0 Å². The molecule has 1 heterocycles. The summed E-state index contributed by atoms with van der Waals surface area (Å²) in [4.78, 5) is 12.1. The number of carbonyl (C=O) groups is 1. The van der Waals surface area contributed by atoms with Crippen LogP contribution in [0.2, 0.25) is 0 Å². The molecule has 0 aliphatic heterocycles. The van der Waals surface area contributed by atoms with Crippen LogP contribution in [0.25, 0.3) is 0 Å². The summed E-state index contributed by atoms with van der Waals surface area (Å²) in [5, 5.41) is 2.82. The Morgan fingerprint density at radius 3 is 2.43 bits per heavy atom. The van der Waals surface area contributed by atoms with Crippen LogP contribution in [-0.2, 0) is 9.05 Å². The highest BCUT2D eigenvalue weighted by atomic mass is 35.7. The number of nitrogens with zero attached hydrogens (tertiary/aromatic N) is 1. The maximum Gasteiger partial charge on any atom is 0.267 e. The second-order valence-corrected chi connectivity index (χ2v) is 8.36. The van der Waals surface area contributed by atoms with E-state index in [1.807, 2.05) is 13.8 Å². The zero-order valence-electron chi connectivity index (χ0n) is 12.9. The Labute approximate surface area is 131 Å². The van der Waals surface area contributed by atoms with E-state index < -0.39 is 9.05 Å². The average Bonchev–Trinajstić information content (AvgIpc) is 2.79. The summed E-state index contributed by atoms with van der Waals surface area (Å²) in [6, 6.07) is 1.29. The van der Waals surface area contributed by atoms with Gasteiger partial charge in [0.2, 0.25) is 0 Å². The van der Waals surface area contributed by atoms with Gasteiger partial charge in [-0.05, 0) is 38.7 Å². The molecule has 0 saturated heterocycles. The number of halogens is 1. The first-order valence-electron chi connectivity index (χ1n) is 7.07. The van der Waals surface area contributed by atoms with Crippen molar-refractivity contribution in [2.24, 2.45) is 5.92 Å². The van der Waals surface area contributed by atoms with Gasteiger partial charge in [0.15, 0.2) is 0 Å². The fourth-order valence-electron chi connectivity index (χ4n) is 2.00. The summed E-state index contributed by atoms with van der Waals surface area (Å²) in [6.07, 6.45) is 3.33. The molecule has 7 heteroatoms. The lowest BCUT2D eigenvalue weighted by Crippen LogP contribution is -2.27. The van der Waals surface area contributed by atoms with Gasteiger partial charge in [0.25, 0.3) is 15.0 Å². The molecule has 1 aromatic rings. The highest BCUT2D eigenvalue weighted by molar-refractivity contribution is 8.13. The highest BCUT2D eigenvalue weighted by Gasteiger charge is 2.20. The zero-order chi connectivity index (χ0) is 16.2. The van der Waals surface area contributed by atoms with Gasteiger partial charge in [0.05, 0.1) is 0 Å². The van der Waals surface area contributed by atoms with E-state index in [1.54, 1.807) is 4.57 Å². The van der Waals surface area contributed by atoms with E-state index >= 15 is 0 Å². The van der Waals surface area contributed by atoms with Gasteiger partial charge in [-0.2, -0.15) is 0 Å². The normalized spacial score (nSPS) is 12.1. The second-order valence-electron chi connectivity index (χ2n) is 5.79. The van der Waals surface area contributed by atoms with Crippen molar-refractivity contribution >= 4 is 25.6 Å². The summed E-state index contributed by atoms with van der Waals surface area (Å²) in [5.74, 6) is 0.313. The summed E-state index contributed by atoms with van der Waals surface area (Å²) in [7, 11) is 1.51. The van der Waals surface area contributed by atoms with Crippen LogP contribution in [0.4, 0.5) is 0 Å². The molecule has 0 saturated carbocycles. The van der Waals surface area contributed by atoms with Crippen LogP contribution in [0.1, 0.15) is 57.1 Å². The van der Waals surface area contributed by atoms with E-state index in [-0.39, 0.29) is 16.8 Å². The van der Waals surface area contributed by atoms with Crippen LogP contribution in [-0.4, -0.2) is 25.4 Å². The number of amides is 1. The van der Waals surface area contributed by atoms with Gasteiger partial charge in [-0.15, -0.1) is 0 Å². The Balaban J connectivity index is 2.85. The van der Waals surface area contributed by atoms with E-state index in [0.29, 0.717) is 18.2 Å². The van der Waals surface area contributed by atoms with Crippen molar-refractivity contribution in [3.05, 3.63) is 18.0 Å². The van der Waals surface area contributed by atoms with Crippen molar-refractivity contribution in [1.29, 1.82) is 0 Å². The maximum absolute atomic E-state index is 12.2. The zero-order valence-corrected chi connectivity index (χ0v) is 14.5. The predicted molar refractivity (Wildman–Crippen MR) is 84.3 cm³/mol. The Kier molecular flexibility index (Phi) is 6.28. The standard InChI is InChI=1S/C14H23ClN2O3S/c1-10(2)6-5-7-16-14(18)13-8-12(21(15,19)20)9-17(13)11(3)4/h8-11H,5-7H2,1-4H3,(H,16,18). The Morgan fingerprint density at radius 1 is 1.33 bits per heavy atom. The average molecular weight is 335 g/mol. The summed E-state index contributed by atoms with van der Waals surface area (Å²) >= 11 is 0. The lowest BCUT2D eigenvalue weighted by atomic mass is 10.1. The topological polar surface area (TPSA) is 68.2 Å². The summed E-state index contributed by atoms with van der Waals surface area (Å²) < 4.78 is 24.4. The third kappa shape index (κ3) is 5.36. The minimum atomic E-state index is -3.84. The predicted octanol–water partition coefficient (Wildman–Crippen LogP) is 3.16. The van der Waals surface area contributed by atoms with Gasteiger partial charge < -0.3 is 9.88 Å². The number of nitrogens with one attached hydrogen (secondary N) is 1. The van der Waals surface area contributed by atoms with E-state index in [2.05, 4.69) is 19.2 Å². The largest absolute Gasteiger partial charge is 0.351 e. The molecule has 0 aromatic carbocycles. The molecule has 5 nitrogen and oxygen atoms in total. The molecular formula is C14H23ClN2O3S. The molecule has 1 aromatic heterocycles. The molecule has 0 aliphatic rings. The van der Waals surface area contributed by atoms with Gasteiger partial charge in [-0.1, -0.05) is 13.8 Å². The van der Waals surface area contributed by atoms with E-state index in [0.717, 1.165) is 12.8 Å². The molecule has 0 fully saturated rings. The molecule has 1 N–H and O–H groups in total. The van der Waals surface area contributed by atoms with Crippen LogP contribution in [0, 0.1) is 5.92 Å². The summed E-state index contributed by atoms with van der Waals surface area (Å²) in [5.41, 5.74) is 0.314. The first-order chi connectivity index (χ1) is 9.62. The SMILES string of the molecule is CC(C)CCCNC(=O)c1cc(S(=O)(=O)Cl)cn1C(C)C. The first kappa shape index (κ1) is 18.0. The Morgan fingerprint density at radius 2 is 1.95 bits per heavy atom. The molecule has 1 amide bonds. The van der Waals surface area contributed by atoms with Crippen molar-refractivity contribution in [3.63, 3.8) is 0 Å². The molecule has 0 bridgehead atoms. The lowest BCUT2D eigenvalue weighted by molar-refractivity contribution is 0.0941. The molecule has 0 atom stereocenters. The monoisotopic (exact) mass is 334 g/mol. The smallest absolute Gasteiger partial charge is 0.267 e. The van der Waals surface area contributed by atoms with Gasteiger partial charge in [0.1, 0.15) is 10.6 Å². The third-order valence-corrected chi connectivity index (χ3v) is 4.46. The van der Waals surface area contributed by atoms with Gasteiger partial charge in [-0.25, -0.2) is 8.42 Å². The van der Waals surface area contributed by atoms with Crippen LogP contribution in [0.3, 0.4) is 0 Å². The van der Waals surface area contributed by atoms with Crippen LogP contribution >= 0.6 is 10.7 Å². The number of hydrogen-bond acceptors (Lipinski definition) is 3. The van der Waals surface area contributed by atoms with Gasteiger partial charge >= 0.3 is 0 Å². The van der Waals surface area contributed by atoms with E-state index in [4.69, 9.17) is 10.7 Å². The minimum Gasteiger partial charge on any atom is -0.351 e. The molecule has 1 rings (SSSR count). The first-order valence-corrected chi connectivity index (χ1v) is 9.38. The molecular weight excluding hydrogens is 312 g/mol. The molecule has 0 spiro atoms. The highest BCUT2D eigenvalue weighted by Crippen LogP contribution is 2.21. The molecule has 21 heavy (non-hydrogen) atoms. The van der Waals surface area contributed by atoms with Crippen molar-refractivity contribution in [1.82, 2.24) is 9.88 Å². The summed E-state index contributed by atoms with van der Waals surface area (Å²) in [6.45, 7) is 8.58. The van der Waals surface area contributed by atoms with Crippen molar-refractivity contribution < 1.29 is 13.2 Å². The number of aromatic nitrogens is 1. The van der Waals surface area contributed by atoms with E-state index in [1.165, 1.54) is 12.3 Å². The fraction of sp³-hybridized carbons (Fsp3) is 0.643. The fourth-order valence-corrected chi connectivity index (χ4v) is 2.74. The van der Waals surface area contributed by atoms with E-state index in [9.17, 15) is 13.2 Å². The molecule has 0 aliphatic carbocycles. The molecule has 0 unspecified atom stereocenters. The van der Waals surface area contributed by atoms with Crippen LogP contribution < -0.4 is 5.32 Å².